The highest BCUT2D eigenvalue weighted by Gasteiger charge is 2.22. The molecule has 1 fully saturated rings. The lowest BCUT2D eigenvalue weighted by molar-refractivity contribution is -0.155. The molecule has 3 nitrogen and oxygen atoms in total. The van der Waals surface area contributed by atoms with Crippen molar-refractivity contribution in [3.63, 3.8) is 0 Å². The van der Waals surface area contributed by atoms with Gasteiger partial charge in [0.25, 0.3) is 0 Å². The molecule has 2 aliphatic rings. The summed E-state index contributed by atoms with van der Waals surface area (Å²) in [4.78, 5) is 0. The van der Waals surface area contributed by atoms with E-state index in [2.05, 4.69) is 11.5 Å². The molecule has 2 rings (SSSR count). The van der Waals surface area contributed by atoms with E-state index in [0.29, 0.717) is 13.2 Å². The van der Waals surface area contributed by atoms with Crippen LogP contribution in [-0.2, 0) is 14.2 Å². The second kappa shape index (κ2) is 3.65. The van der Waals surface area contributed by atoms with Crippen molar-refractivity contribution in [3.8, 4) is 0 Å². The number of hydrogen-bond donors (Lipinski definition) is 0. The Morgan fingerprint density at radius 2 is 2.62 bits per heavy atom. The van der Waals surface area contributed by atoms with Crippen LogP contribution in [0.15, 0.2) is 34.9 Å². The van der Waals surface area contributed by atoms with Crippen molar-refractivity contribution in [2.45, 2.75) is 6.29 Å². The van der Waals surface area contributed by atoms with Crippen molar-refractivity contribution in [3.05, 3.63) is 34.9 Å². The van der Waals surface area contributed by atoms with Crippen LogP contribution < -0.4 is 0 Å². The van der Waals surface area contributed by atoms with Gasteiger partial charge in [-0.05, 0) is 17.9 Å². The van der Waals surface area contributed by atoms with E-state index in [4.69, 9.17) is 14.2 Å². The predicted octanol–water partition coefficient (Wildman–Crippen LogP) is 1.14. The van der Waals surface area contributed by atoms with Gasteiger partial charge in [0.15, 0.2) is 5.76 Å². The molecular formula is C10H10O3. The monoisotopic (exact) mass is 178 g/mol. The summed E-state index contributed by atoms with van der Waals surface area (Å²) in [5.74, 6) is 0.718. The topological polar surface area (TPSA) is 27.7 Å². The van der Waals surface area contributed by atoms with E-state index < -0.39 is 0 Å². The number of ether oxygens (including phenoxy) is 3. The van der Waals surface area contributed by atoms with E-state index in [0.717, 1.165) is 11.3 Å². The molecule has 68 valence electrons. The predicted molar refractivity (Wildman–Crippen MR) is 45.9 cm³/mol. The molecule has 0 spiro atoms. The minimum atomic E-state index is -0.315. The fourth-order valence-corrected chi connectivity index (χ4v) is 1.19. The van der Waals surface area contributed by atoms with Crippen molar-refractivity contribution >= 4 is 0 Å². The maximum Gasteiger partial charge on any atom is 0.224 e. The Morgan fingerprint density at radius 1 is 1.69 bits per heavy atom. The van der Waals surface area contributed by atoms with E-state index in [1.54, 1.807) is 13.2 Å². The molecule has 0 aromatic heterocycles. The molecule has 13 heavy (non-hydrogen) atoms. The third-order valence-corrected chi connectivity index (χ3v) is 1.82. The Balaban J connectivity index is 2.11. The number of fused-ring (bicyclic) bond motifs is 1. The SMILES string of the molecule is COCC1OCC2=CC=C=C=C2O1. The number of methoxy groups -OCH3 is 1. The van der Waals surface area contributed by atoms with Gasteiger partial charge in [-0.2, -0.15) is 0 Å². The van der Waals surface area contributed by atoms with Gasteiger partial charge in [0.05, 0.1) is 6.61 Å². The van der Waals surface area contributed by atoms with Crippen LogP contribution in [0.3, 0.4) is 0 Å². The van der Waals surface area contributed by atoms with Gasteiger partial charge in [0, 0.05) is 12.7 Å². The van der Waals surface area contributed by atoms with Crippen molar-refractivity contribution < 1.29 is 14.2 Å². The molecule has 1 saturated heterocycles. The van der Waals surface area contributed by atoms with Gasteiger partial charge in [-0.1, -0.05) is 5.73 Å². The van der Waals surface area contributed by atoms with Gasteiger partial charge in [-0.25, -0.2) is 0 Å². The van der Waals surface area contributed by atoms with Crippen LogP contribution in [0.25, 0.3) is 0 Å². The van der Waals surface area contributed by atoms with Crippen LogP contribution >= 0.6 is 0 Å². The molecule has 0 aromatic rings. The van der Waals surface area contributed by atoms with Gasteiger partial charge in [0.1, 0.15) is 6.61 Å². The molecule has 0 radical (unpaired) electrons. The van der Waals surface area contributed by atoms with E-state index in [9.17, 15) is 0 Å². The largest absolute Gasteiger partial charge is 0.454 e. The standard InChI is InChI=1S/C10H10O3/c1-11-7-10-12-6-8-4-2-3-5-9(8)13-10/h2,4,10H,6-7H2,1H3. The first kappa shape index (κ1) is 8.36. The molecule has 1 heterocycles. The van der Waals surface area contributed by atoms with Crippen LogP contribution in [0.1, 0.15) is 0 Å². The Hall–Kier alpha value is -1.24. The Labute approximate surface area is 76.6 Å². The first-order valence-corrected chi connectivity index (χ1v) is 4.08. The summed E-state index contributed by atoms with van der Waals surface area (Å²) < 4.78 is 15.7. The van der Waals surface area contributed by atoms with Gasteiger partial charge < -0.3 is 14.2 Å². The Bertz CT molecular complexity index is 328. The van der Waals surface area contributed by atoms with Crippen LogP contribution in [0.5, 0.6) is 0 Å². The zero-order valence-corrected chi connectivity index (χ0v) is 7.37. The van der Waals surface area contributed by atoms with Crippen LogP contribution in [0, 0.1) is 0 Å². The minimum absolute atomic E-state index is 0.315. The van der Waals surface area contributed by atoms with Crippen molar-refractivity contribution in [1.82, 2.24) is 0 Å². The number of rotatable bonds is 2. The summed E-state index contributed by atoms with van der Waals surface area (Å²) in [6.45, 7) is 0.983. The maximum atomic E-state index is 5.44. The average molecular weight is 178 g/mol. The molecule has 1 atom stereocenters. The zero-order valence-electron chi connectivity index (χ0n) is 7.37. The fraction of sp³-hybridized carbons (Fsp3) is 0.400. The summed E-state index contributed by atoms with van der Waals surface area (Å²) >= 11 is 0. The zero-order chi connectivity index (χ0) is 9.10. The molecule has 1 aliphatic heterocycles. The Morgan fingerprint density at radius 3 is 3.46 bits per heavy atom. The normalized spacial score (nSPS) is 24.5. The van der Waals surface area contributed by atoms with Crippen LogP contribution in [0.4, 0.5) is 0 Å². The quantitative estimate of drug-likeness (QED) is 0.593. The third-order valence-electron chi connectivity index (χ3n) is 1.82. The highest BCUT2D eigenvalue weighted by molar-refractivity contribution is 5.33. The van der Waals surface area contributed by atoms with E-state index >= 15 is 0 Å². The highest BCUT2D eigenvalue weighted by Crippen LogP contribution is 2.21. The van der Waals surface area contributed by atoms with Crippen molar-refractivity contribution in [2.24, 2.45) is 0 Å². The van der Waals surface area contributed by atoms with Gasteiger partial charge in [0.2, 0.25) is 6.29 Å². The van der Waals surface area contributed by atoms with Gasteiger partial charge in [-0.15, -0.1) is 0 Å². The molecular weight excluding hydrogens is 168 g/mol. The van der Waals surface area contributed by atoms with Gasteiger partial charge >= 0.3 is 0 Å². The lowest BCUT2D eigenvalue weighted by atomic mass is 10.1. The smallest absolute Gasteiger partial charge is 0.224 e. The second-order valence-corrected chi connectivity index (χ2v) is 2.77. The molecule has 1 aliphatic carbocycles. The van der Waals surface area contributed by atoms with Crippen molar-refractivity contribution in [2.75, 3.05) is 20.3 Å². The summed E-state index contributed by atoms with van der Waals surface area (Å²) in [5.41, 5.74) is 6.74. The lowest BCUT2D eigenvalue weighted by Crippen LogP contribution is -2.29. The second-order valence-electron chi connectivity index (χ2n) is 2.77. The average Bonchev–Trinajstić information content (AvgIpc) is 2.18. The van der Waals surface area contributed by atoms with Crippen molar-refractivity contribution in [1.29, 1.82) is 0 Å². The molecule has 1 unspecified atom stereocenters. The summed E-state index contributed by atoms with van der Waals surface area (Å²) in [6, 6.07) is 0. The molecule has 3 heteroatoms. The third kappa shape index (κ3) is 1.74. The maximum absolute atomic E-state index is 5.44. The first-order chi connectivity index (χ1) is 6.40. The lowest BCUT2D eigenvalue weighted by Gasteiger charge is -2.26. The highest BCUT2D eigenvalue weighted by atomic mass is 16.7. The minimum Gasteiger partial charge on any atom is -0.454 e. The fourth-order valence-electron chi connectivity index (χ4n) is 1.19. The summed E-state index contributed by atoms with van der Waals surface area (Å²) in [6.07, 6.45) is 3.39. The molecule has 0 N–H and O–H groups in total. The van der Waals surface area contributed by atoms with E-state index in [1.807, 2.05) is 6.08 Å². The van der Waals surface area contributed by atoms with Crippen LogP contribution in [-0.4, -0.2) is 26.6 Å². The summed E-state index contributed by atoms with van der Waals surface area (Å²) in [7, 11) is 1.61. The molecule has 0 aromatic carbocycles. The Kier molecular flexibility index (Phi) is 2.35. The molecule has 0 saturated carbocycles. The number of allylic oxidation sites excluding steroid dienone is 2. The number of hydrogen-bond acceptors (Lipinski definition) is 3. The first-order valence-electron chi connectivity index (χ1n) is 4.08. The molecule has 0 amide bonds. The van der Waals surface area contributed by atoms with E-state index in [1.165, 1.54) is 0 Å². The molecule has 0 bridgehead atoms. The summed E-state index contributed by atoms with van der Waals surface area (Å²) in [5, 5.41) is 0. The van der Waals surface area contributed by atoms with Crippen LogP contribution in [0.2, 0.25) is 0 Å². The van der Waals surface area contributed by atoms with Gasteiger partial charge in [-0.3, -0.25) is 0 Å². The van der Waals surface area contributed by atoms with E-state index in [-0.39, 0.29) is 6.29 Å².